The van der Waals surface area contributed by atoms with Crippen LogP contribution in [-0.2, 0) is 4.79 Å². The first-order chi connectivity index (χ1) is 15.5. The van der Waals surface area contributed by atoms with Gasteiger partial charge in [0.2, 0.25) is 6.41 Å². The Morgan fingerprint density at radius 2 is 2.06 bits per heavy atom. The number of carbonyl (C=O) groups excluding carboxylic acids is 2. The summed E-state index contributed by atoms with van der Waals surface area (Å²) in [5, 5.41) is 6.17. The van der Waals surface area contributed by atoms with Crippen molar-refractivity contribution in [2.24, 2.45) is 21.5 Å². The van der Waals surface area contributed by atoms with Gasteiger partial charge < -0.3 is 31.7 Å². The van der Waals surface area contributed by atoms with Crippen molar-refractivity contribution in [2.75, 3.05) is 20.1 Å². The third-order valence-electron chi connectivity index (χ3n) is 5.66. The fourth-order valence-corrected chi connectivity index (χ4v) is 3.94. The summed E-state index contributed by atoms with van der Waals surface area (Å²) in [6, 6.07) is 5.86. The molecular weight excluding hydrogens is 410 g/mol. The minimum atomic E-state index is 0.135. The molecule has 1 amide bonds. The summed E-state index contributed by atoms with van der Waals surface area (Å²) >= 11 is 0. The number of nitrogens with zero attached hydrogens (tertiary/aromatic N) is 3. The molecule has 1 heterocycles. The number of nitrogens with one attached hydrogen (secondary N) is 2. The lowest BCUT2D eigenvalue weighted by Crippen LogP contribution is -2.40. The van der Waals surface area contributed by atoms with Crippen molar-refractivity contribution in [1.82, 2.24) is 15.5 Å². The number of fused-ring (bicyclic) bond motifs is 1. The molecule has 1 saturated carbocycles. The Morgan fingerprint density at radius 3 is 2.75 bits per heavy atom. The van der Waals surface area contributed by atoms with Crippen molar-refractivity contribution in [1.29, 1.82) is 0 Å². The highest BCUT2D eigenvalue weighted by Gasteiger charge is 2.25. The van der Waals surface area contributed by atoms with Crippen molar-refractivity contribution in [3.8, 4) is 5.75 Å². The number of hydrogen-bond acceptors (Lipinski definition) is 7. The first kappa shape index (κ1) is 23.3. The van der Waals surface area contributed by atoms with Gasteiger partial charge in [-0.05, 0) is 56.8 Å². The Hall–Kier alpha value is -3.40. The van der Waals surface area contributed by atoms with Crippen LogP contribution in [0.5, 0.6) is 5.75 Å². The number of aldehydes is 1. The lowest BCUT2D eigenvalue weighted by molar-refractivity contribution is -0.108. The second-order valence-electron chi connectivity index (χ2n) is 7.95. The zero-order valence-electron chi connectivity index (χ0n) is 18.3. The molecule has 10 nitrogen and oxygen atoms in total. The third kappa shape index (κ3) is 6.30. The molecule has 6 N–H and O–H groups in total. The van der Waals surface area contributed by atoms with E-state index in [9.17, 15) is 9.59 Å². The molecule has 0 bridgehead atoms. The number of ether oxygens (including phenoxy) is 1. The Balaban J connectivity index is 1.57. The molecule has 1 aliphatic carbocycles. The van der Waals surface area contributed by atoms with Crippen LogP contribution < -0.4 is 26.8 Å². The van der Waals surface area contributed by atoms with Crippen LogP contribution in [0.1, 0.15) is 42.5 Å². The van der Waals surface area contributed by atoms with Crippen LogP contribution in [0.4, 0.5) is 5.69 Å². The van der Waals surface area contributed by atoms with Gasteiger partial charge in [-0.25, -0.2) is 4.99 Å². The van der Waals surface area contributed by atoms with Crippen molar-refractivity contribution in [3.63, 3.8) is 0 Å². The van der Waals surface area contributed by atoms with E-state index in [2.05, 4.69) is 25.5 Å². The summed E-state index contributed by atoms with van der Waals surface area (Å²) in [5.74, 6) is 1.46. The van der Waals surface area contributed by atoms with Gasteiger partial charge in [-0.3, -0.25) is 14.6 Å². The predicted molar refractivity (Wildman–Crippen MR) is 124 cm³/mol. The van der Waals surface area contributed by atoms with E-state index in [1.807, 2.05) is 13.2 Å². The van der Waals surface area contributed by atoms with E-state index in [-0.39, 0.29) is 5.96 Å². The second kappa shape index (κ2) is 11.3. The number of amides is 1. The summed E-state index contributed by atoms with van der Waals surface area (Å²) in [6.07, 6.45) is 8.32. The SMILES string of the molecule is CN(/C=C1/Oc2ccc(C=O)cc2N=C1NC=O)C1CCC(NCCCN=C(N)N)CC1. The van der Waals surface area contributed by atoms with Gasteiger partial charge in [0.15, 0.2) is 23.3 Å². The lowest BCUT2D eigenvalue weighted by Gasteiger charge is -2.35. The third-order valence-corrected chi connectivity index (χ3v) is 5.66. The molecule has 0 aromatic heterocycles. The highest BCUT2D eigenvalue weighted by atomic mass is 16.5. The van der Waals surface area contributed by atoms with Gasteiger partial charge in [0.1, 0.15) is 12.0 Å². The Bertz CT molecular complexity index is 901. The van der Waals surface area contributed by atoms with E-state index in [1.165, 1.54) is 0 Å². The fourth-order valence-electron chi connectivity index (χ4n) is 3.94. The van der Waals surface area contributed by atoms with Crippen LogP contribution in [0.25, 0.3) is 0 Å². The molecule has 1 aromatic rings. The van der Waals surface area contributed by atoms with Gasteiger partial charge >= 0.3 is 0 Å². The Labute approximate surface area is 187 Å². The van der Waals surface area contributed by atoms with Gasteiger partial charge in [-0.15, -0.1) is 0 Å². The number of aliphatic imine (C=N–C) groups is 2. The van der Waals surface area contributed by atoms with E-state index in [0.717, 1.165) is 44.9 Å². The molecule has 1 aromatic carbocycles. The number of benzene rings is 1. The standard InChI is InChI=1S/C22H31N7O3/c1-29(17-6-4-16(5-7-17)25-9-2-10-26-22(23)24)12-20-21(27-14-31)28-18-11-15(13-30)3-8-19(18)32-20/h3,8,11-14,16-17,25H,2,4-7,9-10H2,1H3,(H4,23,24,26)(H,27,28,31)/b20-12+. The van der Waals surface area contributed by atoms with E-state index in [1.54, 1.807) is 18.2 Å². The summed E-state index contributed by atoms with van der Waals surface area (Å²) in [5.41, 5.74) is 11.7. The summed E-state index contributed by atoms with van der Waals surface area (Å²) in [4.78, 5) is 32.7. The maximum atomic E-state index is 11.1. The molecule has 3 rings (SSSR count). The van der Waals surface area contributed by atoms with Crippen LogP contribution in [-0.4, -0.2) is 61.6 Å². The van der Waals surface area contributed by atoms with E-state index >= 15 is 0 Å². The minimum absolute atomic E-state index is 0.135. The van der Waals surface area contributed by atoms with E-state index in [0.29, 0.717) is 53.6 Å². The smallest absolute Gasteiger partial charge is 0.212 e. The zero-order chi connectivity index (χ0) is 22.9. The van der Waals surface area contributed by atoms with Gasteiger partial charge in [0, 0.05) is 37.4 Å². The van der Waals surface area contributed by atoms with Crippen LogP contribution >= 0.6 is 0 Å². The molecular formula is C22H31N7O3. The minimum Gasteiger partial charge on any atom is -0.450 e. The highest BCUT2D eigenvalue weighted by molar-refractivity contribution is 6.05. The summed E-state index contributed by atoms with van der Waals surface area (Å²) < 4.78 is 5.98. The monoisotopic (exact) mass is 441 g/mol. The molecule has 0 spiro atoms. The van der Waals surface area contributed by atoms with Crippen molar-refractivity contribution in [3.05, 3.63) is 35.7 Å². The first-order valence-corrected chi connectivity index (χ1v) is 10.8. The maximum Gasteiger partial charge on any atom is 0.212 e. The van der Waals surface area contributed by atoms with E-state index < -0.39 is 0 Å². The van der Waals surface area contributed by atoms with Crippen molar-refractivity contribution >= 4 is 30.2 Å². The van der Waals surface area contributed by atoms with Crippen LogP contribution in [0.15, 0.2) is 40.1 Å². The number of amidine groups is 1. The van der Waals surface area contributed by atoms with Gasteiger partial charge in [0.05, 0.1) is 0 Å². The van der Waals surface area contributed by atoms with Gasteiger partial charge in [-0.2, -0.15) is 0 Å². The number of carbonyl (C=O) groups is 2. The molecule has 10 heteroatoms. The van der Waals surface area contributed by atoms with E-state index in [4.69, 9.17) is 16.2 Å². The topological polar surface area (TPSA) is 147 Å². The predicted octanol–water partition coefficient (Wildman–Crippen LogP) is 1.01. The molecule has 32 heavy (non-hydrogen) atoms. The molecule has 172 valence electrons. The molecule has 1 aliphatic heterocycles. The van der Waals surface area contributed by atoms with Gasteiger partial charge in [0.25, 0.3) is 0 Å². The Kier molecular flexibility index (Phi) is 8.20. The normalized spacial score (nSPS) is 21.0. The maximum absolute atomic E-state index is 11.1. The summed E-state index contributed by atoms with van der Waals surface area (Å²) in [7, 11) is 2.01. The van der Waals surface area contributed by atoms with Gasteiger partial charge in [-0.1, -0.05) is 0 Å². The first-order valence-electron chi connectivity index (χ1n) is 10.8. The average molecular weight is 442 g/mol. The molecule has 1 fully saturated rings. The number of nitrogens with two attached hydrogens (primary N) is 2. The molecule has 0 unspecified atom stereocenters. The quantitative estimate of drug-likeness (QED) is 0.193. The average Bonchev–Trinajstić information content (AvgIpc) is 2.79. The number of rotatable bonds is 9. The number of guanidine groups is 1. The zero-order valence-corrected chi connectivity index (χ0v) is 18.3. The highest BCUT2D eigenvalue weighted by Crippen LogP contribution is 2.34. The lowest BCUT2D eigenvalue weighted by atomic mass is 9.90. The van der Waals surface area contributed by atoms with Crippen LogP contribution in [0, 0.1) is 0 Å². The van der Waals surface area contributed by atoms with Crippen LogP contribution in [0.2, 0.25) is 0 Å². The molecule has 0 atom stereocenters. The van der Waals surface area contributed by atoms with Crippen molar-refractivity contribution < 1.29 is 14.3 Å². The molecule has 0 radical (unpaired) electrons. The van der Waals surface area contributed by atoms with Crippen molar-refractivity contribution in [2.45, 2.75) is 44.2 Å². The molecule has 2 aliphatic rings. The Morgan fingerprint density at radius 1 is 1.28 bits per heavy atom. The fraction of sp³-hybridized carbons (Fsp3) is 0.455. The summed E-state index contributed by atoms with van der Waals surface area (Å²) in [6.45, 7) is 1.53. The number of hydrogen-bond donors (Lipinski definition) is 4. The largest absolute Gasteiger partial charge is 0.450 e. The van der Waals surface area contributed by atoms with Crippen LogP contribution in [0.3, 0.4) is 0 Å². The molecule has 0 saturated heterocycles. The second-order valence-corrected chi connectivity index (χ2v) is 7.95.